The van der Waals surface area contributed by atoms with Crippen LogP contribution in [-0.4, -0.2) is 43.8 Å². The molecule has 4 aromatic carbocycles. The van der Waals surface area contributed by atoms with E-state index in [2.05, 4.69) is 21.2 Å². The summed E-state index contributed by atoms with van der Waals surface area (Å²) < 4.78 is 29.8. The topological polar surface area (TPSA) is 86.8 Å². The predicted molar refractivity (Wildman–Crippen MR) is 169 cm³/mol. The summed E-state index contributed by atoms with van der Waals surface area (Å²) in [7, 11) is -4.12. The Balaban J connectivity index is 1.78. The Morgan fingerprint density at radius 1 is 0.762 bits per heavy atom. The first-order valence-electron chi connectivity index (χ1n) is 13.7. The third-order valence-corrected chi connectivity index (χ3v) is 8.94. The molecule has 1 N–H and O–H groups in total. The van der Waals surface area contributed by atoms with Crippen molar-refractivity contribution in [2.45, 2.75) is 43.8 Å². The molecule has 0 saturated carbocycles. The van der Waals surface area contributed by atoms with Crippen LogP contribution in [0, 0.1) is 0 Å². The summed E-state index contributed by atoms with van der Waals surface area (Å²) in [5.74, 6) is -0.805. The van der Waals surface area contributed by atoms with Crippen LogP contribution in [-0.2, 0) is 32.6 Å². The van der Waals surface area contributed by atoms with E-state index in [1.807, 2.05) is 74.5 Å². The van der Waals surface area contributed by atoms with E-state index in [4.69, 9.17) is 0 Å². The molecule has 0 aromatic heterocycles. The molecule has 0 heterocycles. The monoisotopic (exact) mass is 647 g/mol. The zero-order chi connectivity index (χ0) is 30.1. The smallest absolute Gasteiger partial charge is 0.264 e. The molecule has 1 unspecified atom stereocenters. The number of rotatable bonds is 12. The number of amides is 2. The van der Waals surface area contributed by atoms with Gasteiger partial charge in [-0.3, -0.25) is 13.9 Å². The van der Waals surface area contributed by atoms with Gasteiger partial charge in [0.2, 0.25) is 11.8 Å². The number of anilines is 1. The second-order valence-corrected chi connectivity index (χ2v) is 13.0. The zero-order valence-electron chi connectivity index (χ0n) is 23.6. The van der Waals surface area contributed by atoms with E-state index in [1.54, 1.807) is 42.5 Å². The molecule has 0 saturated heterocycles. The first-order chi connectivity index (χ1) is 20.1. The zero-order valence-corrected chi connectivity index (χ0v) is 26.0. The number of carbonyl (C=O) groups is 2. The van der Waals surface area contributed by atoms with E-state index in [9.17, 15) is 18.0 Å². The minimum Gasteiger partial charge on any atom is -0.352 e. The van der Waals surface area contributed by atoms with Crippen molar-refractivity contribution >= 4 is 43.5 Å². The van der Waals surface area contributed by atoms with Gasteiger partial charge in [-0.2, -0.15) is 0 Å². The maximum absolute atomic E-state index is 14.3. The molecule has 4 rings (SSSR count). The van der Waals surface area contributed by atoms with E-state index in [-0.39, 0.29) is 29.8 Å². The van der Waals surface area contributed by atoms with Crippen LogP contribution in [0.3, 0.4) is 0 Å². The summed E-state index contributed by atoms with van der Waals surface area (Å²) in [6.45, 7) is 3.36. The predicted octanol–water partition coefficient (Wildman–Crippen LogP) is 5.81. The van der Waals surface area contributed by atoms with Gasteiger partial charge in [-0.1, -0.05) is 94.8 Å². The molecule has 0 spiro atoms. The number of carbonyl (C=O) groups excluding carboxylic acids is 2. The van der Waals surface area contributed by atoms with Gasteiger partial charge < -0.3 is 10.2 Å². The van der Waals surface area contributed by atoms with E-state index in [1.165, 1.54) is 17.0 Å². The molecule has 1 atom stereocenters. The van der Waals surface area contributed by atoms with Gasteiger partial charge in [0.25, 0.3) is 10.0 Å². The van der Waals surface area contributed by atoms with Gasteiger partial charge in [0.1, 0.15) is 12.6 Å². The molecule has 218 valence electrons. The van der Waals surface area contributed by atoms with Crippen LogP contribution in [0.15, 0.2) is 125 Å². The molecule has 7 nitrogen and oxygen atoms in total. The number of sulfonamides is 1. The number of hydrogen-bond acceptors (Lipinski definition) is 4. The molecule has 9 heteroatoms. The van der Waals surface area contributed by atoms with Gasteiger partial charge in [0, 0.05) is 23.5 Å². The van der Waals surface area contributed by atoms with Crippen molar-refractivity contribution in [3.63, 3.8) is 0 Å². The van der Waals surface area contributed by atoms with Crippen LogP contribution < -0.4 is 9.62 Å². The van der Waals surface area contributed by atoms with Gasteiger partial charge in [-0.05, 0) is 61.4 Å². The lowest BCUT2D eigenvalue weighted by atomic mass is 10.0. The quantitative estimate of drug-likeness (QED) is 0.210. The van der Waals surface area contributed by atoms with Crippen LogP contribution in [0.25, 0.3) is 0 Å². The van der Waals surface area contributed by atoms with Crippen LogP contribution in [0.5, 0.6) is 0 Å². The third-order valence-electron chi connectivity index (χ3n) is 6.62. The molecule has 2 amide bonds. The molecular formula is C33H34BrN3O4S. The second-order valence-electron chi connectivity index (χ2n) is 10.2. The fourth-order valence-corrected chi connectivity index (χ4v) is 6.27. The van der Waals surface area contributed by atoms with Crippen molar-refractivity contribution in [3.8, 4) is 0 Å². The molecule has 0 bridgehead atoms. The minimum atomic E-state index is -4.12. The number of nitrogens with one attached hydrogen (secondary N) is 1. The molecule has 42 heavy (non-hydrogen) atoms. The first kappa shape index (κ1) is 31.0. The first-order valence-corrected chi connectivity index (χ1v) is 15.9. The Morgan fingerprint density at radius 2 is 1.29 bits per heavy atom. The lowest BCUT2D eigenvalue weighted by Crippen LogP contribution is -2.54. The standard InChI is InChI=1S/C33H34BrN3O4S/c1-25(2)35-33(39)31(22-26-12-6-3-7-13-26)36(23-27-14-8-4-9-15-27)32(38)24-37(29-20-18-28(34)19-21-29)42(40,41)30-16-10-5-11-17-30/h3-21,25,31H,22-24H2,1-2H3,(H,35,39). The summed E-state index contributed by atoms with van der Waals surface area (Å²) >= 11 is 3.40. The second kappa shape index (κ2) is 14.3. The average Bonchev–Trinajstić information content (AvgIpc) is 2.99. The van der Waals surface area contributed by atoms with Crippen molar-refractivity contribution < 1.29 is 18.0 Å². The Hall–Kier alpha value is -3.95. The SMILES string of the molecule is CC(C)NC(=O)C(Cc1ccccc1)N(Cc1ccccc1)C(=O)CN(c1ccc(Br)cc1)S(=O)(=O)c1ccccc1. The van der Waals surface area contributed by atoms with Gasteiger partial charge >= 0.3 is 0 Å². The van der Waals surface area contributed by atoms with Crippen molar-refractivity contribution in [3.05, 3.63) is 131 Å². The fourth-order valence-electron chi connectivity index (χ4n) is 4.57. The van der Waals surface area contributed by atoms with Crippen molar-refractivity contribution in [2.24, 2.45) is 0 Å². The van der Waals surface area contributed by atoms with Crippen molar-refractivity contribution in [1.82, 2.24) is 10.2 Å². The van der Waals surface area contributed by atoms with Gasteiger partial charge in [0.15, 0.2) is 0 Å². The summed E-state index contributed by atoms with van der Waals surface area (Å²) in [5.41, 5.74) is 2.04. The molecule has 0 radical (unpaired) electrons. The van der Waals surface area contributed by atoms with Gasteiger partial charge in [0.05, 0.1) is 10.6 Å². The fraction of sp³-hybridized carbons (Fsp3) is 0.212. The molecule has 0 aliphatic heterocycles. The van der Waals surface area contributed by atoms with E-state index in [0.29, 0.717) is 5.69 Å². The Morgan fingerprint density at radius 3 is 1.83 bits per heavy atom. The van der Waals surface area contributed by atoms with Crippen LogP contribution >= 0.6 is 15.9 Å². The average molecular weight is 649 g/mol. The summed E-state index contributed by atoms with van der Waals surface area (Å²) in [6.07, 6.45) is 0.266. The highest BCUT2D eigenvalue weighted by molar-refractivity contribution is 9.10. The Bertz CT molecular complexity index is 1570. The lowest BCUT2D eigenvalue weighted by Gasteiger charge is -2.34. The molecule has 0 aliphatic carbocycles. The van der Waals surface area contributed by atoms with Crippen molar-refractivity contribution in [2.75, 3.05) is 10.8 Å². The Kier molecular flexibility index (Phi) is 10.5. The highest BCUT2D eigenvalue weighted by atomic mass is 79.9. The van der Waals surface area contributed by atoms with Gasteiger partial charge in [-0.15, -0.1) is 0 Å². The number of hydrogen-bond donors (Lipinski definition) is 1. The number of halogens is 1. The number of benzene rings is 4. The van der Waals surface area contributed by atoms with Crippen LogP contribution in [0.1, 0.15) is 25.0 Å². The highest BCUT2D eigenvalue weighted by Gasteiger charge is 2.34. The third kappa shape index (κ3) is 8.08. The van der Waals surface area contributed by atoms with Crippen LogP contribution in [0.2, 0.25) is 0 Å². The minimum absolute atomic E-state index is 0.0636. The molecular weight excluding hydrogens is 614 g/mol. The maximum atomic E-state index is 14.3. The summed E-state index contributed by atoms with van der Waals surface area (Å²) in [4.78, 5) is 29.5. The van der Waals surface area contributed by atoms with Gasteiger partial charge in [-0.25, -0.2) is 8.42 Å². The van der Waals surface area contributed by atoms with E-state index >= 15 is 0 Å². The summed E-state index contributed by atoms with van der Waals surface area (Å²) in [6, 6.07) is 32.6. The summed E-state index contributed by atoms with van der Waals surface area (Å²) in [5, 5.41) is 2.96. The number of nitrogens with zero attached hydrogens (tertiary/aromatic N) is 2. The van der Waals surface area contributed by atoms with E-state index < -0.39 is 28.5 Å². The van der Waals surface area contributed by atoms with Crippen molar-refractivity contribution in [1.29, 1.82) is 0 Å². The lowest BCUT2D eigenvalue weighted by molar-refractivity contribution is -0.140. The normalized spacial score (nSPS) is 12.0. The van der Waals surface area contributed by atoms with Crippen LogP contribution in [0.4, 0.5) is 5.69 Å². The molecule has 0 fully saturated rings. The maximum Gasteiger partial charge on any atom is 0.264 e. The molecule has 4 aromatic rings. The highest BCUT2D eigenvalue weighted by Crippen LogP contribution is 2.26. The van der Waals surface area contributed by atoms with E-state index in [0.717, 1.165) is 19.9 Å². The molecule has 0 aliphatic rings. The Labute approximate surface area is 256 Å². The largest absolute Gasteiger partial charge is 0.352 e.